The van der Waals surface area contributed by atoms with Gasteiger partial charge in [-0.25, -0.2) is 13.6 Å². The molecule has 0 saturated carbocycles. The van der Waals surface area contributed by atoms with Gasteiger partial charge in [-0.2, -0.15) is 5.10 Å². The van der Waals surface area contributed by atoms with Gasteiger partial charge in [-0.1, -0.05) is 0 Å². The third kappa shape index (κ3) is 7.29. The van der Waals surface area contributed by atoms with Crippen LogP contribution in [0.2, 0.25) is 0 Å². The van der Waals surface area contributed by atoms with Crippen molar-refractivity contribution in [1.82, 2.24) is 24.1 Å². The molecular formula is C37H46F2N6O4. The zero-order valence-electron chi connectivity index (χ0n) is 29.3. The van der Waals surface area contributed by atoms with Crippen molar-refractivity contribution in [2.75, 3.05) is 51.3 Å². The van der Waals surface area contributed by atoms with E-state index in [4.69, 9.17) is 9.47 Å². The van der Waals surface area contributed by atoms with Gasteiger partial charge in [-0.05, 0) is 76.3 Å². The van der Waals surface area contributed by atoms with Crippen LogP contribution in [0.3, 0.4) is 0 Å². The number of methoxy groups -OCH3 is 1. The van der Waals surface area contributed by atoms with Crippen LogP contribution < -0.4 is 15.2 Å². The highest BCUT2D eigenvalue weighted by molar-refractivity contribution is 5.97. The van der Waals surface area contributed by atoms with E-state index in [0.717, 1.165) is 66.7 Å². The molecule has 6 rings (SSSR count). The summed E-state index contributed by atoms with van der Waals surface area (Å²) in [5, 5.41) is 5.39. The van der Waals surface area contributed by atoms with Crippen LogP contribution in [0.15, 0.2) is 47.5 Å². The number of hydrogen-bond donors (Lipinski definition) is 0. The summed E-state index contributed by atoms with van der Waals surface area (Å²) in [6.45, 7) is 12.3. The zero-order valence-corrected chi connectivity index (χ0v) is 29.3. The predicted octanol–water partition coefficient (Wildman–Crippen LogP) is 6.68. The number of aromatic nitrogens is 3. The Hall–Kier alpha value is -4.45. The third-order valence-electron chi connectivity index (χ3n) is 9.43. The van der Waals surface area contributed by atoms with Gasteiger partial charge < -0.3 is 23.8 Å². The summed E-state index contributed by atoms with van der Waals surface area (Å²) in [5.41, 5.74) is 4.40. The summed E-state index contributed by atoms with van der Waals surface area (Å²) in [4.78, 5) is 31.3. The van der Waals surface area contributed by atoms with Crippen molar-refractivity contribution in [2.24, 2.45) is 7.05 Å². The zero-order chi connectivity index (χ0) is 35.0. The Morgan fingerprint density at radius 3 is 2.45 bits per heavy atom. The van der Waals surface area contributed by atoms with Gasteiger partial charge in [0.1, 0.15) is 11.4 Å². The fraction of sp³-hybridized carbons (Fsp3) is 0.486. The van der Waals surface area contributed by atoms with Crippen molar-refractivity contribution in [3.05, 3.63) is 69.8 Å². The molecule has 49 heavy (non-hydrogen) atoms. The number of piperazine rings is 1. The molecule has 12 heteroatoms. The van der Waals surface area contributed by atoms with Crippen LogP contribution in [0.1, 0.15) is 56.7 Å². The van der Waals surface area contributed by atoms with Gasteiger partial charge in [0.05, 0.1) is 24.5 Å². The number of anilines is 2. The number of halogens is 2. The van der Waals surface area contributed by atoms with E-state index in [1.807, 2.05) is 55.9 Å². The Balaban J connectivity index is 1.20. The SMILES string of the molecule is COc1cc(N2CCCc3cc(-c4cnn(CCCN5CCN(C(=O)OC(C)(C)C)CC5)c4)c(C(F)F)cc32)c2cc(C)c(=O)n(C)c2c1. The molecule has 2 aliphatic heterocycles. The lowest BCUT2D eigenvalue weighted by Crippen LogP contribution is -2.50. The number of pyridine rings is 1. The summed E-state index contributed by atoms with van der Waals surface area (Å²) >= 11 is 0. The number of aryl methyl sites for hydroxylation is 4. The summed E-state index contributed by atoms with van der Waals surface area (Å²) in [5.74, 6) is 0.592. The monoisotopic (exact) mass is 676 g/mol. The van der Waals surface area contributed by atoms with Gasteiger partial charge in [0.15, 0.2) is 0 Å². The van der Waals surface area contributed by atoms with Gasteiger partial charge >= 0.3 is 6.09 Å². The first kappa shape index (κ1) is 34.4. The number of alkyl halides is 2. The van der Waals surface area contributed by atoms with E-state index >= 15 is 0 Å². The average molecular weight is 677 g/mol. The predicted molar refractivity (Wildman–Crippen MR) is 187 cm³/mol. The molecule has 2 aliphatic rings. The van der Waals surface area contributed by atoms with E-state index in [2.05, 4.69) is 14.9 Å². The minimum absolute atomic E-state index is 0.0381. The molecule has 0 N–H and O–H groups in total. The average Bonchev–Trinajstić information content (AvgIpc) is 3.54. The van der Waals surface area contributed by atoms with Gasteiger partial charge in [-0.3, -0.25) is 14.4 Å². The van der Waals surface area contributed by atoms with Gasteiger partial charge in [-0.15, -0.1) is 0 Å². The largest absolute Gasteiger partial charge is 0.497 e. The van der Waals surface area contributed by atoms with E-state index in [1.165, 1.54) is 0 Å². The van der Waals surface area contributed by atoms with Crippen LogP contribution in [0.4, 0.5) is 25.0 Å². The molecule has 1 fully saturated rings. The normalized spacial score (nSPS) is 15.6. The second kappa shape index (κ2) is 13.8. The number of benzene rings is 2. The Labute approximate surface area is 285 Å². The van der Waals surface area contributed by atoms with Crippen molar-refractivity contribution < 1.29 is 23.0 Å². The van der Waals surface area contributed by atoms with Crippen molar-refractivity contribution in [1.29, 1.82) is 0 Å². The molecule has 2 aromatic heterocycles. The van der Waals surface area contributed by atoms with Crippen LogP contribution in [0, 0.1) is 6.92 Å². The van der Waals surface area contributed by atoms with Crippen molar-refractivity contribution >= 4 is 28.4 Å². The van der Waals surface area contributed by atoms with Gasteiger partial charge in [0, 0.05) is 99.0 Å². The molecule has 0 spiro atoms. The molecule has 262 valence electrons. The molecule has 0 atom stereocenters. The number of amides is 1. The topological polar surface area (TPSA) is 85.1 Å². The maximum atomic E-state index is 14.8. The highest BCUT2D eigenvalue weighted by Gasteiger charge is 2.28. The van der Waals surface area contributed by atoms with Crippen molar-refractivity contribution in [2.45, 2.75) is 65.5 Å². The van der Waals surface area contributed by atoms with Crippen molar-refractivity contribution in [3.63, 3.8) is 0 Å². The second-order valence-corrected chi connectivity index (χ2v) is 14.0. The van der Waals surface area contributed by atoms with E-state index in [0.29, 0.717) is 48.6 Å². The quantitative estimate of drug-likeness (QED) is 0.206. The van der Waals surface area contributed by atoms with Crippen LogP contribution >= 0.6 is 0 Å². The molecule has 2 aromatic carbocycles. The molecule has 10 nitrogen and oxygen atoms in total. The minimum atomic E-state index is -2.68. The molecule has 4 heterocycles. The smallest absolute Gasteiger partial charge is 0.410 e. The Morgan fingerprint density at radius 1 is 1.00 bits per heavy atom. The first-order valence-corrected chi connectivity index (χ1v) is 17.0. The first-order valence-electron chi connectivity index (χ1n) is 17.0. The van der Waals surface area contributed by atoms with Crippen molar-refractivity contribution in [3.8, 4) is 16.9 Å². The number of fused-ring (bicyclic) bond motifs is 2. The van der Waals surface area contributed by atoms with E-state index in [-0.39, 0.29) is 17.2 Å². The first-order chi connectivity index (χ1) is 23.3. The summed E-state index contributed by atoms with van der Waals surface area (Å²) < 4.78 is 44.1. The maximum Gasteiger partial charge on any atom is 0.410 e. The lowest BCUT2D eigenvalue weighted by molar-refractivity contribution is 0.0143. The van der Waals surface area contributed by atoms with E-state index < -0.39 is 12.0 Å². The molecule has 0 aliphatic carbocycles. The highest BCUT2D eigenvalue weighted by Crippen LogP contribution is 2.44. The molecule has 0 bridgehead atoms. The van der Waals surface area contributed by atoms with E-state index in [9.17, 15) is 18.4 Å². The standard InChI is InChI=1S/C37H46F2N6O4/c1-24-17-30-32(41(5)35(24)46)19-27(48-6)20-33(30)45-12-7-9-25-18-28(29(34(38)39)21-31(25)45)26-22-40-44(23-26)11-8-10-42-13-15-43(16-14-42)36(47)49-37(2,3)4/h17-23,34H,7-16H2,1-6H3. The number of carbonyl (C=O) groups excluding carboxylic acids is 1. The molecule has 0 radical (unpaired) electrons. The lowest BCUT2D eigenvalue weighted by atomic mass is 9.92. The van der Waals surface area contributed by atoms with Crippen LogP contribution in [-0.4, -0.2) is 82.2 Å². The number of nitrogens with zero attached hydrogens (tertiary/aromatic N) is 6. The fourth-order valence-electron chi connectivity index (χ4n) is 6.91. The molecule has 1 saturated heterocycles. The Kier molecular flexibility index (Phi) is 9.70. The lowest BCUT2D eigenvalue weighted by Gasteiger charge is -2.35. The third-order valence-corrected chi connectivity index (χ3v) is 9.43. The van der Waals surface area contributed by atoms with Gasteiger partial charge in [0.25, 0.3) is 12.0 Å². The summed E-state index contributed by atoms with van der Waals surface area (Å²) in [6.07, 6.45) is 3.02. The number of rotatable bonds is 8. The number of hydrogen-bond acceptors (Lipinski definition) is 7. The molecule has 1 amide bonds. The summed E-state index contributed by atoms with van der Waals surface area (Å²) in [6, 6.07) is 9.16. The maximum absolute atomic E-state index is 14.8. The number of ether oxygens (including phenoxy) is 2. The van der Waals surface area contributed by atoms with E-state index in [1.54, 1.807) is 42.8 Å². The molecule has 0 unspecified atom stereocenters. The van der Waals surface area contributed by atoms with Gasteiger partial charge in [0.2, 0.25) is 0 Å². The van der Waals surface area contributed by atoms with Crippen LogP contribution in [0.5, 0.6) is 5.75 Å². The highest BCUT2D eigenvalue weighted by atomic mass is 19.3. The van der Waals surface area contributed by atoms with Crippen LogP contribution in [0.25, 0.3) is 22.0 Å². The van der Waals surface area contributed by atoms with Crippen LogP contribution in [-0.2, 0) is 24.8 Å². The second-order valence-electron chi connectivity index (χ2n) is 14.0. The minimum Gasteiger partial charge on any atom is -0.497 e. The molecule has 4 aromatic rings. The number of carbonyl (C=O) groups is 1. The Bertz CT molecular complexity index is 1910. The molecular weight excluding hydrogens is 630 g/mol. The summed E-state index contributed by atoms with van der Waals surface area (Å²) in [7, 11) is 3.32. The fourth-order valence-corrected chi connectivity index (χ4v) is 6.91. The Morgan fingerprint density at radius 2 is 1.76 bits per heavy atom.